The third-order valence-electron chi connectivity index (χ3n) is 4.03. The fourth-order valence-corrected chi connectivity index (χ4v) is 3.09. The van der Waals surface area contributed by atoms with E-state index in [0.29, 0.717) is 12.1 Å². The molecule has 1 N–H and O–H groups in total. The second-order valence-corrected chi connectivity index (χ2v) is 6.61. The number of carbonyl (C=O) groups is 1. The lowest BCUT2D eigenvalue weighted by Gasteiger charge is -2.34. The maximum atomic E-state index is 12.3. The molecule has 20 heavy (non-hydrogen) atoms. The summed E-state index contributed by atoms with van der Waals surface area (Å²) in [6.45, 7) is 8.59. The highest BCUT2D eigenvalue weighted by atomic mass is 79.9. The normalized spacial score (nSPS) is 17.4. The van der Waals surface area contributed by atoms with Crippen molar-refractivity contribution in [3.63, 3.8) is 0 Å². The predicted octanol–water partition coefficient (Wildman–Crippen LogP) is 3.36. The van der Waals surface area contributed by atoms with Crippen LogP contribution >= 0.6 is 15.9 Å². The minimum Gasteiger partial charge on any atom is -0.349 e. The van der Waals surface area contributed by atoms with E-state index in [9.17, 15) is 4.79 Å². The second kappa shape index (κ2) is 6.72. The van der Waals surface area contributed by atoms with Crippen LogP contribution in [0.15, 0.2) is 22.7 Å². The summed E-state index contributed by atoms with van der Waals surface area (Å²) in [5, 5.41) is 3.17. The summed E-state index contributed by atoms with van der Waals surface area (Å²) in [6.07, 6.45) is 2.07. The van der Waals surface area contributed by atoms with Gasteiger partial charge in [-0.05, 0) is 61.2 Å². The molecule has 4 heteroatoms. The number of likely N-dealkylation sites (tertiary alicyclic amines) is 1. The molecule has 2 rings (SSSR count). The molecule has 0 spiro atoms. The predicted molar refractivity (Wildman–Crippen MR) is 86.1 cm³/mol. The molecule has 0 bridgehead atoms. The molecule has 1 saturated heterocycles. The molecule has 1 aliphatic heterocycles. The van der Waals surface area contributed by atoms with Crippen LogP contribution in [0.5, 0.6) is 0 Å². The van der Waals surface area contributed by atoms with Crippen LogP contribution in [0.2, 0.25) is 0 Å². The number of amides is 1. The van der Waals surface area contributed by atoms with E-state index < -0.39 is 0 Å². The van der Waals surface area contributed by atoms with E-state index >= 15 is 0 Å². The van der Waals surface area contributed by atoms with Crippen LogP contribution in [0.4, 0.5) is 0 Å². The first-order valence-corrected chi connectivity index (χ1v) is 8.08. The third-order valence-corrected chi connectivity index (χ3v) is 5.08. The number of carbonyl (C=O) groups excluding carboxylic acids is 1. The summed E-state index contributed by atoms with van der Waals surface area (Å²) in [4.78, 5) is 14.8. The van der Waals surface area contributed by atoms with Crippen LogP contribution in [0, 0.1) is 6.92 Å². The van der Waals surface area contributed by atoms with Crippen molar-refractivity contribution in [3.05, 3.63) is 33.8 Å². The maximum Gasteiger partial charge on any atom is 0.252 e. The van der Waals surface area contributed by atoms with Gasteiger partial charge in [0.25, 0.3) is 5.91 Å². The van der Waals surface area contributed by atoms with Gasteiger partial charge in [0, 0.05) is 29.6 Å². The Balaban J connectivity index is 1.94. The zero-order valence-corrected chi connectivity index (χ0v) is 14.0. The fraction of sp³-hybridized carbons (Fsp3) is 0.562. The molecule has 1 amide bonds. The minimum atomic E-state index is 0.0311. The summed E-state index contributed by atoms with van der Waals surface area (Å²) >= 11 is 3.51. The van der Waals surface area contributed by atoms with Crippen molar-refractivity contribution in [1.82, 2.24) is 10.2 Å². The zero-order chi connectivity index (χ0) is 14.7. The first-order valence-electron chi connectivity index (χ1n) is 7.29. The van der Waals surface area contributed by atoms with Crippen LogP contribution in [0.1, 0.15) is 42.6 Å². The monoisotopic (exact) mass is 338 g/mol. The molecule has 0 saturated carbocycles. The second-order valence-electron chi connectivity index (χ2n) is 5.81. The van der Waals surface area contributed by atoms with Crippen LogP contribution in [0.3, 0.4) is 0 Å². The first kappa shape index (κ1) is 15.5. The van der Waals surface area contributed by atoms with Crippen molar-refractivity contribution in [2.24, 2.45) is 0 Å². The van der Waals surface area contributed by atoms with E-state index in [1.54, 1.807) is 0 Å². The van der Waals surface area contributed by atoms with Gasteiger partial charge in [-0.15, -0.1) is 0 Å². The summed E-state index contributed by atoms with van der Waals surface area (Å²) < 4.78 is 0.900. The highest BCUT2D eigenvalue weighted by molar-refractivity contribution is 9.10. The van der Waals surface area contributed by atoms with Crippen molar-refractivity contribution in [2.75, 3.05) is 13.1 Å². The Bertz CT molecular complexity index is 479. The van der Waals surface area contributed by atoms with E-state index in [1.165, 1.54) is 0 Å². The minimum absolute atomic E-state index is 0.0311. The van der Waals surface area contributed by atoms with Gasteiger partial charge in [0.15, 0.2) is 0 Å². The van der Waals surface area contributed by atoms with Crippen LogP contribution < -0.4 is 5.32 Å². The van der Waals surface area contributed by atoms with Gasteiger partial charge in [-0.1, -0.05) is 12.1 Å². The van der Waals surface area contributed by atoms with E-state index in [4.69, 9.17) is 0 Å². The van der Waals surface area contributed by atoms with E-state index in [-0.39, 0.29) is 5.91 Å². The fourth-order valence-electron chi connectivity index (χ4n) is 2.65. The van der Waals surface area contributed by atoms with Gasteiger partial charge in [-0.3, -0.25) is 4.79 Å². The average Bonchev–Trinajstić information content (AvgIpc) is 2.42. The number of piperidine rings is 1. The van der Waals surface area contributed by atoms with Gasteiger partial charge >= 0.3 is 0 Å². The molecule has 110 valence electrons. The number of rotatable bonds is 3. The topological polar surface area (TPSA) is 32.3 Å². The average molecular weight is 339 g/mol. The highest BCUT2D eigenvalue weighted by Gasteiger charge is 2.23. The summed E-state index contributed by atoms with van der Waals surface area (Å²) in [7, 11) is 0. The third kappa shape index (κ3) is 3.61. The summed E-state index contributed by atoms with van der Waals surface area (Å²) in [5.41, 5.74) is 1.82. The Morgan fingerprint density at radius 1 is 1.35 bits per heavy atom. The SMILES string of the molecule is Cc1cccc(C(=O)NC2CCN(C(C)C)CC2)c1Br. The molecule has 1 aromatic carbocycles. The first-order chi connectivity index (χ1) is 9.49. The number of nitrogens with one attached hydrogen (secondary N) is 1. The van der Waals surface area contributed by atoms with Crippen molar-refractivity contribution in [2.45, 2.75) is 45.7 Å². The van der Waals surface area contributed by atoms with Crippen LogP contribution in [-0.4, -0.2) is 36.0 Å². The molecular formula is C16H23BrN2O. The number of nitrogens with zero attached hydrogens (tertiary/aromatic N) is 1. The standard InChI is InChI=1S/C16H23BrN2O/c1-11(2)19-9-7-13(8-10-19)18-16(20)14-6-4-5-12(3)15(14)17/h4-6,11,13H,7-10H2,1-3H3,(H,18,20). The van der Waals surface area contributed by atoms with Gasteiger partial charge in [0.05, 0.1) is 5.56 Å². The number of halogens is 1. The molecule has 3 nitrogen and oxygen atoms in total. The molecular weight excluding hydrogens is 316 g/mol. The zero-order valence-electron chi connectivity index (χ0n) is 12.4. The van der Waals surface area contributed by atoms with E-state index in [1.807, 2.05) is 25.1 Å². The van der Waals surface area contributed by atoms with Gasteiger partial charge in [-0.25, -0.2) is 0 Å². The molecule has 1 aliphatic rings. The van der Waals surface area contributed by atoms with Gasteiger partial charge in [-0.2, -0.15) is 0 Å². The molecule has 0 unspecified atom stereocenters. The lowest BCUT2D eigenvalue weighted by Crippen LogP contribution is -2.46. The summed E-state index contributed by atoms with van der Waals surface area (Å²) in [5.74, 6) is 0.0311. The summed E-state index contributed by atoms with van der Waals surface area (Å²) in [6, 6.07) is 6.69. The lowest BCUT2D eigenvalue weighted by atomic mass is 10.0. The van der Waals surface area contributed by atoms with Crippen molar-refractivity contribution >= 4 is 21.8 Å². The largest absolute Gasteiger partial charge is 0.349 e. The van der Waals surface area contributed by atoms with Gasteiger partial charge in [0.2, 0.25) is 0 Å². The Hall–Kier alpha value is -0.870. The van der Waals surface area contributed by atoms with Gasteiger partial charge in [0.1, 0.15) is 0 Å². The molecule has 0 aliphatic carbocycles. The van der Waals surface area contributed by atoms with Crippen molar-refractivity contribution in [1.29, 1.82) is 0 Å². The number of hydrogen-bond donors (Lipinski definition) is 1. The smallest absolute Gasteiger partial charge is 0.252 e. The maximum absolute atomic E-state index is 12.3. The molecule has 0 aromatic heterocycles. The highest BCUT2D eigenvalue weighted by Crippen LogP contribution is 2.21. The lowest BCUT2D eigenvalue weighted by molar-refractivity contribution is 0.0900. The van der Waals surface area contributed by atoms with Crippen molar-refractivity contribution in [3.8, 4) is 0 Å². The Kier molecular flexibility index (Phi) is 5.22. The van der Waals surface area contributed by atoms with Crippen LogP contribution in [-0.2, 0) is 0 Å². The number of aryl methyl sites for hydroxylation is 1. The molecule has 1 heterocycles. The molecule has 1 fully saturated rings. The Morgan fingerprint density at radius 3 is 2.60 bits per heavy atom. The number of hydrogen-bond acceptors (Lipinski definition) is 2. The quantitative estimate of drug-likeness (QED) is 0.916. The Labute approximate surface area is 129 Å². The van der Waals surface area contributed by atoms with Crippen molar-refractivity contribution < 1.29 is 4.79 Å². The van der Waals surface area contributed by atoms with Crippen LogP contribution in [0.25, 0.3) is 0 Å². The molecule has 1 aromatic rings. The molecule has 0 atom stereocenters. The molecule has 0 radical (unpaired) electrons. The van der Waals surface area contributed by atoms with Gasteiger partial charge < -0.3 is 10.2 Å². The van der Waals surface area contributed by atoms with E-state index in [0.717, 1.165) is 41.5 Å². The number of benzene rings is 1. The Morgan fingerprint density at radius 2 is 2.00 bits per heavy atom. The van der Waals surface area contributed by atoms with E-state index in [2.05, 4.69) is 40.0 Å².